The molecule has 0 aliphatic carbocycles. The Hall–Kier alpha value is -1.59. The van der Waals surface area contributed by atoms with Crippen LogP contribution in [0, 0.1) is 0 Å². The van der Waals surface area contributed by atoms with Crippen molar-refractivity contribution in [2.75, 3.05) is 32.9 Å². The third-order valence-corrected chi connectivity index (χ3v) is 2.76. The molecule has 0 bridgehead atoms. The minimum atomic E-state index is -0.245. The van der Waals surface area contributed by atoms with E-state index in [1.807, 2.05) is 18.2 Å². The lowest BCUT2D eigenvalue weighted by molar-refractivity contribution is -0.134. The fraction of sp³-hybridized carbons (Fsp3) is 0.500. The molecule has 0 aliphatic rings. The summed E-state index contributed by atoms with van der Waals surface area (Å²) < 4.78 is 5.43. The van der Waals surface area contributed by atoms with Crippen LogP contribution in [0.3, 0.4) is 0 Å². The van der Waals surface area contributed by atoms with E-state index in [0.29, 0.717) is 5.75 Å². The van der Waals surface area contributed by atoms with E-state index in [1.54, 1.807) is 6.07 Å². The fourth-order valence-corrected chi connectivity index (χ4v) is 1.69. The Bertz CT molecular complexity index is 389. The summed E-state index contributed by atoms with van der Waals surface area (Å²) >= 11 is 0. The van der Waals surface area contributed by atoms with Crippen LogP contribution in [0.25, 0.3) is 0 Å². The zero-order chi connectivity index (χ0) is 14.1. The maximum absolute atomic E-state index is 11.8. The Morgan fingerprint density at radius 1 is 1.26 bits per heavy atom. The van der Waals surface area contributed by atoms with Crippen LogP contribution < -0.4 is 4.74 Å². The number of rotatable bonds is 8. The second-order valence-electron chi connectivity index (χ2n) is 4.12. The van der Waals surface area contributed by atoms with Crippen molar-refractivity contribution in [1.29, 1.82) is 0 Å². The molecule has 0 unspecified atom stereocenters. The molecule has 0 heterocycles. The number of aliphatic hydroxyl groups excluding tert-OH is 2. The number of carbonyl (C=O) groups excluding carboxylic acids is 1. The van der Waals surface area contributed by atoms with Gasteiger partial charge in [-0.1, -0.05) is 19.1 Å². The Morgan fingerprint density at radius 2 is 1.95 bits per heavy atom. The molecule has 0 saturated carbocycles. The molecule has 0 aromatic heterocycles. The number of ether oxygens (including phenoxy) is 1. The van der Waals surface area contributed by atoms with E-state index < -0.39 is 0 Å². The van der Waals surface area contributed by atoms with E-state index in [-0.39, 0.29) is 38.8 Å². The van der Waals surface area contributed by atoms with Crippen molar-refractivity contribution in [2.45, 2.75) is 13.3 Å². The van der Waals surface area contributed by atoms with Crippen LogP contribution in [-0.2, 0) is 11.2 Å². The minimum absolute atomic E-state index is 0.0901. The molecule has 1 aromatic rings. The van der Waals surface area contributed by atoms with Crippen LogP contribution in [0.4, 0.5) is 0 Å². The zero-order valence-electron chi connectivity index (χ0n) is 11.2. The normalized spacial score (nSPS) is 10.3. The van der Waals surface area contributed by atoms with Crippen LogP contribution >= 0.6 is 0 Å². The molecule has 1 amide bonds. The zero-order valence-corrected chi connectivity index (χ0v) is 11.2. The van der Waals surface area contributed by atoms with E-state index in [4.69, 9.17) is 14.9 Å². The van der Waals surface area contributed by atoms with E-state index in [9.17, 15) is 4.79 Å². The molecule has 1 rings (SSSR count). The molecular formula is C14H21NO4. The van der Waals surface area contributed by atoms with Crippen molar-refractivity contribution < 1.29 is 19.7 Å². The lowest BCUT2D eigenvalue weighted by Crippen LogP contribution is -2.38. The van der Waals surface area contributed by atoms with Crippen LogP contribution in [0.15, 0.2) is 24.3 Å². The summed E-state index contributed by atoms with van der Waals surface area (Å²) in [5.41, 5.74) is 1.15. The van der Waals surface area contributed by atoms with Gasteiger partial charge >= 0.3 is 0 Å². The molecule has 5 nitrogen and oxygen atoms in total. The van der Waals surface area contributed by atoms with E-state index in [0.717, 1.165) is 12.0 Å². The quantitative estimate of drug-likeness (QED) is 0.717. The molecule has 19 heavy (non-hydrogen) atoms. The number of hydrogen-bond acceptors (Lipinski definition) is 4. The number of amides is 1. The number of nitrogens with zero attached hydrogens (tertiary/aromatic N) is 1. The van der Waals surface area contributed by atoms with Crippen molar-refractivity contribution in [2.24, 2.45) is 0 Å². The van der Waals surface area contributed by atoms with Crippen molar-refractivity contribution in [3.63, 3.8) is 0 Å². The van der Waals surface area contributed by atoms with Gasteiger partial charge in [0.15, 0.2) is 6.61 Å². The number of benzene rings is 1. The van der Waals surface area contributed by atoms with Crippen LogP contribution in [-0.4, -0.2) is 53.9 Å². The maximum Gasteiger partial charge on any atom is 0.260 e. The lowest BCUT2D eigenvalue weighted by Gasteiger charge is -2.20. The summed E-state index contributed by atoms with van der Waals surface area (Å²) in [5.74, 6) is 0.408. The minimum Gasteiger partial charge on any atom is -0.484 e. The van der Waals surface area contributed by atoms with Crippen LogP contribution in [0.1, 0.15) is 12.5 Å². The summed E-state index contributed by atoms with van der Waals surface area (Å²) in [4.78, 5) is 13.2. The molecule has 0 atom stereocenters. The number of hydrogen-bond donors (Lipinski definition) is 2. The molecule has 0 saturated heterocycles. The highest BCUT2D eigenvalue weighted by Crippen LogP contribution is 2.13. The number of aliphatic hydroxyl groups is 2. The van der Waals surface area contributed by atoms with E-state index >= 15 is 0 Å². The van der Waals surface area contributed by atoms with Gasteiger partial charge in [0.1, 0.15) is 5.75 Å². The van der Waals surface area contributed by atoms with Crippen molar-refractivity contribution in [3.05, 3.63) is 29.8 Å². The van der Waals surface area contributed by atoms with Gasteiger partial charge in [0.2, 0.25) is 0 Å². The molecular weight excluding hydrogens is 246 g/mol. The number of carbonyl (C=O) groups is 1. The standard InChI is InChI=1S/C14H21NO4/c1-2-12-4-3-5-13(10-12)19-11-14(18)15(6-8-16)7-9-17/h3-5,10,16-17H,2,6-9,11H2,1H3. The topological polar surface area (TPSA) is 70.0 Å². The maximum atomic E-state index is 11.8. The van der Waals surface area contributed by atoms with Gasteiger partial charge in [-0.15, -0.1) is 0 Å². The van der Waals surface area contributed by atoms with E-state index in [2.05, 4.69) is 6.92 Å². The number of aryl methyl sites for hydroxylation is 1. The molecule has 2 N–H and O–H groups in total. The average molecular weight is 267 g/mol. The Morgan fingerprint density at radius 3 is 2.53 bits per heavy atom. The summed E-state index contributed by atoms with van der Waals surface area (Å²) in [5, 5.41) is 17.7. The molecule has 5 heteroatoms. The van der Waals surface area contributed by atoms with Gasteiger partial charge in [0.05, 0.1) is 13.2 Å². The summed E-state index contributed by atoms with van der Waals surface area (Å²) in [7, 11) is 0. The van der Waals surface area contributed by atoms with Gasteiger partial charge in [-0.2, -0.15) is 0 Å². The van der Waals surface area contributed by atoms with Crippen molar-refractivity contribution in [3.8, 4) is 5.75 Å². The van der Waals surface area contributed by atoms with E-state index in [1.165, 1.54) is 4.90 Å². The third kappa shape index (κ3) is 5.28. The van der Waals surface area contributed by atoms with Gasteiger partial charge in [0, 0.05) is 13.1 Å². The second-order valence-corrected chi connectivity index (χ2v) is 4.12. The first-order valence-electron chi connectivity index (χ1n) is 6.42. The van der Waals surface area contributed by atoms with Gasteiger partial charge in [-0.05, 0) is 24.1 Å². The molecule has 0 spiro atoms. The predicted molar refractivity (Wildman–Crippen MR) is 72.1 cm³/mol. The highest BCUT2D eigenvalue weighted by atomic mass is 16.5. The Balaban J connectivity index is 2.51. The molecule has 0 fully saturated rings. The van der Waals surface area contributed by atoms with Gasteiger partial charge in [-0.25, -0.2) is 0 Å². The van der Waals surface area contributed by atoms with Gasteiger partial charge < -0.3 is 19.8 Å². The SMILES string of the molecule is CCc1cccc(OCC(=O)N(CCO)CCO)c1. The first kappa shape index (κ1) is 15.5. The average Bonchev–Trinajstić information content (AvgIpc) is 2.44. The summed E-state index contributed by atoms with van der Waals surface area (Å²) in [6.07, 6.45) is 0.909. The first-order valence-corrected chi connectivity index (χ1v) is 6.42. The molecule has 1 aromatic carbocycles. The fourth-order valence-electron chi connectivity index (χ4n) is 1.69. The van der Waals surface area contributed by atoms with Gasteiger partial charge in [0.25, 0.3) is 5.91 Å². The second kappa shape index (κ2) is 8.50. The predicted octanol–water partition coefficient (Wildman–Crippen LogP) is 0.441. The highest BCUT2D eigenvalue weighted by molar-refractivity contribution is 5.77. The Kier molecular flexibility index (Phi) is 6.92. The van der Waals surface area contributed by atoms with Crippen molar-refractivity contribution >= 4 is 5.91 Å². The lowest BCUT2D eigenvalue weighted by atomic mass is 10.2. The molecule has 0 aliphatic heterocycles. The molecule has 0 radical (unpaired) electrons. The van der Waals surface area contributed by atoms with Crippen molar-refractivity contribution in [1.82, 2.24) is 4.90 Å². The monoisotopic (exact) mass is 267 g/mol. The summed E-state index contributed by atoms with van der Waals surface area (Å²) in [6.45, 7) is 2.12. The molecule has 106 valence electrons. The first-order chi connectivity index (χ1) is 9.21. The smallest absolute Gasteiger partial charge is 0.260 e. The Labute approximate surface area is 113 Å². The van der Waals surface area contributed by atoms with Crippen LogP contribution in [0.2, 0.25) is 0 Å². The van der Waals surface area contributed by atoms with Gasteiger partial charge in [-0.3, -0.25) is 4.79 Å². The third-order valence-electron chi connectivity index (χ3n) is 2.76. The van der Waals surface area contributed by atoms with Crippen LogP contribution in [0.5, 0.6) is 5.75 Å². The highest BCUT2D eigenvalue weighted by Gasteiger charge is 2.13. The largest absolute Gasteiger partial charge is 0.484 e. The summed E-state index contributed by atoms with van der Waals surface area (Å²) in [6, 6.07) is 7.58.